The minimum Gasteiger partial charge on any atom is -0.375 e. The van der Waals surface area contributed by atoms with Crippen LogP contribution >= 0.6 is 0 Å². The van der Waals surface area contributed by atoms with Crippen LogP contribution in [0.3, 0.4) is 0 Å². The number of nitrogens with one attached hydrogen (secondary N) is 1. The quantitative estimate of drug-likeness (QED) is 0.865. The van der Waals surface area contributed by atoms with Crippen molar-refractivity contribution in [3.8, 4) is 0 Å². The Morgan fingerprint density at radius 2 is 1.95 bits per heavy atom. The zero-order valence-corrected chi connectivity index (χ0v) is 14.2. The van der Waals surface area contributed by atoms with Crippen molar-refractivity contribution in [3.05, 3.63) is 0 Å². The number of fused-ring (bicyclic) bond motifs is 1. The van der Waals surface area contributed by atoms with Gasteiger partial charge in [0.05, 0.1) is 12.7 Å². The van der Waals surface area contributed by atoms with Gasteiger partial charge in [-0.15, -0.1) is 0 Å². The highest BCUT2D eigenvalue weighted by Gasteiger charge is 2.43. The van der Waals surface area contributed by atoms with Crippen molar-refractivity contribution in [2.24, 2.45) is 5.41 Å². The molecule has 1 saturated heterocycles. The van der Waals surface area contributed by atoms with E-state index >= 15 is 0 Å². The molecule has 2 saturated carbocycles. The summed E-state index contributed by atoms with van der Waals surface area (Å²) < 4.78 is 6.09. The lowest BCUT2D eigenvalue weighted by molar-refractivity contribution is -0.116. The molecule has 1 aliphatic heterocycles. The van der Waals surface area contributed by atoms with Gasteiger partial charge >= 0.3 is 0 Å². The van der Waals surface area contributed by atoms with E-state index in [0.717, 1.165) is 19.7 Å². The Hall–Kier alpha value is -0.120. The van der Waals surface area contributed by atoms with Gasteiger partial charge in [0.2, 0.25) is 0 Å². The van der Waals surface area contributed by atoms with Gasteiger partial charge in [0.25, 0.3) is 0 Å². The third-order valence-corrected chi connectivity index (χ3v) is 6.03. The van der Waals surface area contributed by atoms with E-state index in [2.05, 4.69) is 31.0 Å². The van der Waals surface area contributed by atoms with E-state index in [1.807, 2.05) is 0 Å². The van der Waals surface area contributed by atoms with Gasteiger partial charge in [-0.05, 0) is 44.1 Å². The predicted octanol–water partition coefficient (Wildman–Crippen LogP) is 3.19. The fourth-order valence-electron chi connectivity index (χ4n) is 4.94. The molecular formula is C18H34N2O. The van der Waals surface area contributed by atoms with E-state index in [9.17, 15) is 0 Å². The van der Waals surface area contributed by atoms with Gasteiger partial charge in [0.15, 0.2) is 0 Å². The molecule has 122 valence electrons. The molecule has 21 heavy (non-hydrogen) atoms. The Kier molecular flexibility index (Phi) is 4.92. The van der Waals surface area contributed by atoms with Crippen molar-refractivity contribution in [3.63, 3.8) is 0 Å². The third-order valence-electron chi connectivity index (χ3n) is 6.03. The van der Waals surface area contributed by atoms with Crippen molar-refractivity contribution in [1.29, 1.82) is 0 Å². The number of morpholine rings is 1. The van der Waals surface area contributed by atoms with Crippen molar-refractivity contribution in [2.75, 3.05) is 19.7 Å². The molecule has 4 atom stereocenters. The van der Waals surface area contributed by atoms with Crippen LogP contribution in [0.2, 0.25) is 0 Å². The average Bonchev–Trinajstić information content (AvgIpc) is 2.48. The highest BCUT2D eigenvalue weighted by molar-refractivity contribution is 4.99. The molecule has 0 radical (unpaired) electrons. The van der Waals surface area contributed by atoms with E-state index in [0.29, 0.717) is 29.6 Å². The van der Waals surface area contributed by atoms with Crippen LogP contribution in [0.5, 0.6) is 0 Å². The summed E-state index contributed by atoms with van der Waals surface area (Å²) in [6.07, 6.45) is 9.93. The van der Waals surface area contributed by atoms with E-state index < -0.39 is 0 Å². The van der Waals surface area contributed by atoms with E-state index in [1.54, 1.807) is 0 Å². The second-order valence-corrected chi connectivity index (χ2v) is 8.14. The molecule has 0 aromatic rings. The predicted molar refractivity (Wildman–Crippen MR) is 87.6 cm³/mol. The SMILES string of the molecule is CCNC1CCC(C)(C)CC1N1CCOC2CCCCC21. The monoisotopic (exact) mass is 294 g/mol. The van der Waals surface area contributed by atoms with Crippen LogP contribution in [0.15, 0.2) is 0 Å². The summed E-state index contributed by atoms with van der Waals surface area (Å²) in [6, 6.07) is 2.08. The first-order valence-electron chi connectivity index (χ1n) is 9.21. The molecule has 0 aromatic carbocycles. The Labute approximate surface area is 130 Å². The van der Waals surface area contributed by atoms with Crippen LogP contribution in [0.1, 0.15) is 65.7 Å². The first-order chi connectivity index (χ1) is 10.1. The summed E-state index contributed by atoms with van der Waals surface area (Å²) in [7, 11) is 0. The molecule has 0 bridgehead atoms. The Morgan fingerprint density at radius 1 is 1.14 bits per heavy atom. The van der Waals surface area contributed by atoms with Crippen LogP contribution < -0.4 is 5.32 Å². The van der Waals surface area contributed by atoms with Crippen molar-refractivity contribution < 1.29 is 4.74 Å². The van der Waals surface area contributed by atoms with Crippen LogP contribution in [-0.4, -0.2) is 48.8 Å². The molecule has 1 heterocycles. The molecule has 3 nitrogen and oxygen atoms in total. The topological polar surface area (TPSA) is 24.5 Å². The minimum atomic E-state index is 0.499. The van der Waals surface area contributed by atoms with Crippen molar-refractivity contribution in [1.82, 2.24) is 10.2 Å². The van der Waals surface area contributed by atoms with Gasteiger partial charge in [-0.25, -0.2) is 0 Å². The van der Waals surface area contributed by atoms with E-state index in [1.165, 1.54) is 44.9 Å². The van der Waals surface area contributed by atoms with E-state index in [-0.39, 0.29) is 0 Å². The Bertz CT molecular complexity index is 342. The van der Waals surface area contributed by atoms with Crippen LogP contribution in [0.25, 0.3) is 0 Å². The second kappa shape index (κ2) is 6.55. The molecule has 0 aromatic heterocycles. The third kappa shape index (κ3) is 3.46. The molecule has 3 aliphatic rings. The lowest BCUT2D eigenvalue weighted by Crippen LogP contribution is -2.63. The molecule has 0 amide bonds. The largest absolute Gasteiger partial charge is 0.375 e. The summed E-state index contributed by atoms with van der Waals surface area (Å²) >= 11 is 0. The number of rotatable bonds is 3. The Balaban J connectivity index is 1.76. The highest BCUT2D eigenvalue weighted by Crippen LogP contribution is 2.40. The number of likely N-dealkylation sites (N-methyl/N-ethyl adjacent to an activating group) is 1. The number of hydrogen-bond donors (Lipinski definition) is 1. The maximum Gasteiger partial charge on any atom is 0.0731 e. The van der Waals surface area contributed by atoms with E-state index in [4.69, 9.17) is 4.74 Å². The van der Waals surface area contributed by atoms with Gasteiger partial charge in [-0.2, -0.15) is 0 Å². The zero-order chi connectivity index (χ0) is 14.9. The molecule has 2 aliphatic carbocycles. The number of hydrogen-bond acceptors (Lipinski definition) is 3. The van der Waals surface area contributed by atoms with Gasteiger partial charge in [-0.1, -0.05) is 33.6 Å². The Morgan fingerprint density at radius 3 is 2.76 bits per heavy atom. The standard InChI is InChI=1S/C18H34N2O/c1-4-19-14-9-10-18(2,3)13-16(14)20-11-12-21-17-8-6-5-7-15(17)20/h14-17,19H,4-13H2,1-3H3. The van der Waals surface area contributed by atoms with Gasteiger partial charge in [0, 0.05) is 24.7 Å². The first kappa shape index (κ1) is 15.8. The summed E-state index contributed by atoms with van der Waals surface area (Å²) in [5.74, 6) is 0. The highest BCUT2D eigenvalue weighted by atomic mass is 16.5. The van der Waals surface area contributed by atoms with Crippen LogP contribution in [0.4, 0.5) is 0 Å². The molecule has 0 spiro atoms. The van der Waals surface area contributed by atoms with Crippen molar-refractivity contribution in [2.45, 2.75) is 89.9 Å². The average molecular weight is 294 g/mol. The van der Waals surface area contributed by atoms with Crippen LogP contribution in [0, 0.1) is 5.41 Å². The van der Waals surface area contributed by atoms with Gasteiger partial charge < -0.3 is 10.1 Å². The minimum absolute atomic E-state index is 0.499. The molecule has 1 N–H and O–H groups in total. The molecular weight excluding hydrogens is 260 g/mol. The smallest absolute Gasteiger partial charge is 0.0731 e. The fraction of sp³-hybridized carbons (Fsp3) is 1.00. The molecule has 3 rings (SSSR count). The van der Waals surface area contributed by atoms with Gasteiger partial charge in [-0.3, -0.25) is 4.90 Å². The van der Waals surface area contributed by atoms with Crippen LogP contribution in [-0.2, 0) is 4.74 Å². The normalized spacial score (nSPS) is 40.7. The maximum atomic E-state index is 6.09. The lowest BCUT2D eigenvalue weighted by atomic mass is 9.71. The molecule has 3 heteroatoms. The van der Waals surface area contributed by atoms with Gasteiger partial charge in [0.1, 0.15) is 0 Å². The van der Waals surface area contributed by atoms with Crippen molar-refractivity contribution >= 4 is 0 Å². The molecule has 3 fully saturated rings. The summed E-state index contributed by atoms with van der Waals surface area (Å²) in [6.45, 7) is 10.3. The maximum absolute atomic E-state index is 6.09. The molecule has 4 unspecified atom stereocenters. The summed E-state index contributed by atoms with van der Waals surface area (Å²) in [5, 5.41) is 3.78. The first-order valence-corrected chi connectivity index (χ1v) is 9.21. The number of ether oxygens (including phenoxy) is 1. The lowest BCUT2D eigenvalue weighted by Gasteiger charge is -2.53. The zero-order valence-electron chi connectivity index (χ0n) is 14.2. The summed E-state index contributed by atoms with van der Waals surface area (Å²) in [5.41, 5.74) is 0.499. The summed E-state index contributed by atoms with van der Waals surface area (Å²) in [4.78, 5) is 2.85. The second-order valence-electron chi connectivity index (χ2n) is 8.14. The number of nitrogens with zero attached hydrogens (tertiary/aromatic N) is 1. The fourth-order valence-corrected chi connectivity index (χ4v) is 4.94.